The second-order valence-electron chi connectivity index (χ2n) is 3.31. The van der Waals surface area contributed by atoms with Gasteiger partial charge in [-0.2, -0.15) is 8.42 Å². The molecule has 0 unspecified atom stereocenters. The van der Waals surface area contributed by atoms with Gasteiger partial charge in [0.2, 0.25) is 0 Å². The Labute approximate surface area is 85.5 Å². The summed E-state index contributed by atoms with van der Waals surface area (Å²) in [6.07, 6.45) is 0. The quantitative estimate of drug-likeness (QED) is 0.481. The summed E-state index contributed by atoms with van der Waals surface area (Å²) in [6.45, 7) is 0. The summed E-state index contributed by atoms with van der Waals surface area (Å²) in [7, 11) is -4.19. The predicted molar refractivity (Wildman–Crippen MR) is 54.8 cm³/mol. The lowest BCUT2D eigenvalue weighted by atomic mass is 10.2. The second kappa shape index (κ2) is 2.47. The molecule has 0 bridgehead atoms. The van der Waals surface area contributed by atoms with E-state index in [9.17, 15) is 8.42 Å². The lowest BCUT2D eigenvalue weighted by Gasteiger charge is -2.00. The van der Waals surface area contributed by atoms with E-state index in [2.05, 4.69) is 10.3 Å². The van der Waals surface area contributed by atoms with Crippen molar-refractivity contribution in [1.82, 2.24) is 4.98 Å². The zero-order valence-corrected chi connectivity index (χ0v) is 8.25. The van der Waals surface area contributed by atoms with E-state index < -0.39 is 10.1 Å². The van der Waals surface area contributed by atoms with E-state index in [1.54, 1.807) is 18.2 Å². The molecule has 1 aromatic carbocycles. The summed E-state index contributed by atoms with van der Waals surface area (Å²) < 4.78 is 31.2. The molecule has 0 fully saturated rings. The van der Waals surface area contributed by atoms with Crippen molar-refractivity contribution < 1.29 is 13.0 Å². The molecule has 1 aliphatic heterocycles. The summed E-state index contributed by atoms with van der Waals surface area (Å²) >= 11 is 0. The van der Waals surface area contributed by atoms with Gasteiger partial charge in [-0.3, -0.25) is 4.55 Å². The molecule has 0 saturated heterocycles. The Morgan fingerprint density at radius 2 is 2.13 bits per heavy atom. The van der Waals surface area contributed by atoms with Crippen LogP contribution in [0.2, 0.25) is 0 Å². The van der Waals surface area contributed by atoms with Crippen LogP contribution in [-0.4, -0.2) is 18.0 Å². The highest BCUT2D eigenvalue weighted by Gasteiger charge is 2.22. The summed E-state index contributed by atoms with van der Waals surface area (Å²) in [4.78, 5) is 4.05. The summed E-state index contributed by atoms with van der Waals surface area (Å²) in [5.41, 5.74) is 1.35. The Hall–Kier alpha value is -1.66. The van der Waals surface area contributed by atoms with Crippen molar-refractivity contribution in [2.75, 3.05) is 5.32 Å². The molecule has 2 N–H and O–H groups in total. The maximum absolute atomic E-state index is 11.1. The molecular weight excluding hydrogens is 216 g/mol. The number of pyridine rings is 1. The Morgan fingerprint density at radius 3 is 2.87 bits per heavy atom. The minimum Gasteiger partial charge on any atom is -0.335 e. The average Bonchev–Trinajstić information content (AvgIpc) is 2.89. The number of benzene rings is 1. The van der Waals surface area contributed by atoms with E-state index in [4.69, 9.17) is 4.55 Å². The lowest BCUT2D eigenvalue weighted by molar-refractivity contribution is 0.484. The van der Waals surface area contributed by atoms with Crippen molar-refractivity contribution in [3.8, 4) is 0 Å². The Morgan fingerprint density at radius 1 is 1.33 bits per heavy atom. The molecule has 0 atom stereocenters. The van der Waals surface area contributed by atoms with Gasteiger partial charge in [-0.15, -0.1) is 0 Å². The Balaban J connectivity index is 2.46. The van der Waals surface area contributed by atoms with Gasteiger partial charge in [0.15, 0.2) is 5.82 Å². The molecule has 1 aliphatic rings. The highest BCUT2D eigenvalue weighted by Crippen LogP contribution is 2.39. The van der Waals surface area contributed by atoms with Crippen LogP contribution in [0.3, 0.4) is 0 Å². The summed E-state index contributed by atoms with van der Waals surface area (Å²) in [5.74, 6) is 0.759. The molecular formula is C9H6N2O3S. The minimum absolute atomic E-state index is 0.107. The number of aromatic nitrogens is 1. The van der Waals surface area contributed by atoms with Crippen molar-refractivity contribution in [3.05, 3.63) is 24.3 Å². The second-order valence-corrected chi connectivity index (χ2v) is 4.70. The maximum Gasteiger partial charge on any atom is 0.295 e. The number of nitrogens with zero attached hydrogens (tertiary/aromatic N) is 1. The molecule has 0 spiro atoms. The van der Waals surface area contributed by atoms with Gasteiger partial charge in [0.25, 0.3) is 10.1 Å². The maximum atomic E-state index is 11.1. The normalized spacial score (nSPS) is 13.4. The van der Waals surface area contributed by atoms with Gasteiger partial charge in [-0.1, -0.05) is 6.07 Å². The van der Waals surface area contributed by atoms with Gasteiger partial charge < -0.3 is 5.32 Å². The standard InChI is InChI=1S/C9H6N2O3S/c12-15(13,14)8-3-1-2-6-5(8)4-7-9(10-6)11-7/h1-4H,(H,10,11)(H,12,13,14). The van der Waals surface area contributed by atoms with Crippen molar-refractivity contribution in [1.29, 1.82) is 0 Å². The van der Waals surface area contributed by atoms with Crippen molar-refractivity contribution in [2.45, 2.75) is 4.90 Å². The number of hydrogen-bond donors (Lipinski definition) is 2. The topological polar surface area (TPSA) is 89.2 Å². The van der Waals surface area contributed by atoms with Crippen molar-refractivity contribution >= 4 is 32.5 Å². The van der Waals surface area contributed by atoms with E-state index in [0.717, 1.165) is 11.5 Å². The van der Waals surface area contributed by atoms with Gasteiger partial charge >= 0.3 is 0 Å². The van der Waals surface area contributed by atoms with Crippen LogP contribution in [0.1, 0.15) is 0 Å². The summed E-state index contributed by atoms with van der Waals surface area (Å²) in [6, 6.07) is 6.27. The van der Waals surface area contributed by atoms with Crippen LogP contribution in [0.15, 0.2) is 29.2 Å². The minimum atomic E-state index is -4.19. The van der Waals surface area contributed by atoms with E-state index in [1.165, 1.54) is 6.07 Å². The number of fused-ring (bicyclic) bond motifs is 2. The first-order valence-corrected chi connectivity index (χ1v) is 5.68. The fourth-order valence-electron chi connectivity index (χ4n) is 1.55. The van der Waals surface area contributed by atoms with Crippen LogP contribution in [0, 0.1) is 0 Å². The highest BCUT2D eigenvalue weighted by atomic mass is 32.2. The fraction of sp³-hybridized carbons (Fsp3) is 0. The van der Waals surface area contributed by atoms with Crippen LogP contribution in [-0.2, 0) is 10.1 Å². The van der Waals surface area contributed by atoms with Gasteiger partial charge in [-0.05, 0) is 18.2 Å². The molecule has 15 heavy (non-hydrogen) atoms. The SMILES string of the molecule is O=S(=O)(O)c1cccc2nc3c(cc12)N3. The van der Waals surface area contributed by atoms with Gasteiger partial charge in [-0.25, -0.2) is 4.98 Å². The predicted octanol–water partition coefficient (Wildman–Crippen LogP) is 1.54. The first-order chi connectivity index (χ1) is 7.05. The zero-order chi connectivity index (χ0) is 10.6. The van der Waals surface area contributed by atoms with E-state index in [0.29, 0.717) is 10.9 Å². The van der Waals surface area contributed by atoms with E-state index in [1.807, 2.05) is 0 Å². The third-order valence-corrected chi connectivity index (χ3v) is 3.20. The van der Waals surface area contributed by atoms with E-state index in [-0.39, 0.29) is 4.90 Å². The smallest absolute Gasteiger partial charge is 0.295 e. The number of hydrogen-bond acceptors (Lipinski definition) is 4. The molecule has 1 aromatic heterocycles. The third kappa shape index (κ3) is 1.26. The van der Waals surface area contributed by atoms with Gasteiger partial charge in [0, 0.05) is 5.39 Å². The molecule has 5 nitrogen and oxygen atoms in total. The fourth-order valence-corrected chi connectivity index (χ4v) is 2.25. The molecule has 0 amide bonds. The largest absolute Gasteiger partial charge is 0.335 e. The molecule has 0 saturated carbocycles. The molecule has 76 valence electrons. The molecule has 3 rings (SSSR count). The number of anilines is 2. The number of rotatable bonds is 1. The van der Waals surface area contributed by atoms with Gasteiger partial charge in [0.05, 0.1) is 11.2 Å². The number of nitrogens with one attached hydrogen (secondary N) is 1. The first kappa shape index (κ1) is 8.63. The first-order valence-electron chi connectivity index (χ1n) is 4.24. The molecule has 0 aliphatic carbocycles. The van der Waals surface area contributed by atoms with Crippen molar-refractivity contribution in [2.24, 2.45) is 0 Å². The van der Waals surface area contributed by atoms with Crippen molar-refractivity contribution in [3.63, 3.8) is 0 Å². The lowest BCUT2D eigenvalue weighted by Crippen LogP contribution is -1.98. The molecule has 0 radical (unpaired) electrons. The monoisotopic (exact) mass is 222 g/mol. The highest BCUT2D eigenvalue weighted by molar-refractivity contribution is 7.86. The van der Waals surface area contributed by atoms with Crippen LogP contribution in [0.5, 0.6) is 0 Å². The third-order valence-electron chi connectivity index (χ3n) is 2.29. The van der Waals surface area contributed by atoms with Crippen LogP contribution in [0.25, 0.3) is 10.9 Å². The summed E-state index contributed by atoms with van der Waals surface area (Å²) in [5, 5.41) is 3.32. The van der Waals surface area contributed by atoms with Crippen LogP contribution >= 0.6 is 0 Å². The van der Waals surface area contributed by atoms with Crippen LogP contribution in [0.4, 0.5) is 11.5 Å². The zero-order valence-electron chi connectivity index (χ0n) is 7.43. The van der Waals surface area contributed by atoms with E-state index >= 15 is 0 Å². The molecule has 2 aromatic rings. The van der Waals surface area contributed by atoms with Gasteiger partial charge in [0.1, 0.15) is 4.90 Å². The average molecular weight is 222 g/mol. The molecule has 6 heteroatoms. The molecule has 2 heterocycles. The Kier molecular flexibility index (Phi) is 1.42. The Bertz CT molecular complexity index is 679. The van der Waals surface area contributed by atoms with Crippen LogP contribution < -0.4 is 5.32 Å².